The van der Waals surface area contributed by atoms with Crippen LogP contribution in [0.1, 0.15) is 51.4 Å². The molecule has 0 radical (unpaired) electrons. The molecule has 2 N–H and O–H groups in total. The van der Waals surface area contributed by atoms with E-state index in [1.165, 1.54) is 43.6 Å². The molecule has 0 unspecified atom stereocenters. The third-order valence-corrected chi connectivity index (χ3v) is 7.47. The van der Waals surface area contributed by atoms with E-state index in [0.717, 1.165) is 17.8 Å². The van der Waals surface area contributed by atoms with Gasteiger partial charge in [0.2, 0.25) is 0 Å². The smallest absolute Gasteiger partial charge is 0.0227 e. The highest BCUT2D eigenvalue weighted by atomic mass is 32.2. The second kappa shape index (κ2) is 3.66. The monoisotopic (exact) mass is 251 g/mol. The second-order valence-corrected chi connectivity index (χ2v) is 8.69. The van der Waals surface area contributed by atoms with Crippen molar-refractivity contribution in [3.8, 4) is 0 Å². The second-order valence-electron chi connectivity index (χ2n) is 7.47. The summed E-state index contributed by atoms with van der Waals surface area (Å²) in [4.78, 5) is 0. The minimum absolute atomic E-state index is 0.217. The minimum Gasteiger partial charge on any atom is -0.325 e. The van der Waals surface area contributed by atoms with E-state index in [4.69, 9.17) is 5.73 Å². The predicted octanol–water partition coefficient (Wildman–Crippen LogP) is 3.43. The summed E-state index contributed by atoms with van der Waals surface area (Å²) in [5.74, 6) is 5.79. The maximum atomic E-state index is 6.94. The molecule has 5 fully saturated rings. The van der Waals surface area contributed by atoms with Crippen LogP contribution in [0.5, 0.6) is 0 Å². The van der Waals surface area contributed by atoms with Gasteiger partial charge in [0.25, 0.3) is 0 Å². The van der Waals surface area contributed by atoms with Gasteiger partial charge in [0.1, 0.15) is 0 Å². The molecule has 2 heteroatoms. The summed E-state index contributed by atoms with van der Waals surface area (Å²) in [5, 5.41) is 0. The van der Waals surface area contributed by atoms with E-state index in [1.807, 2.05) is 0 Å². The van der Waals surface area contributed by atoms with Gasteiger partial charge in [0.05, 0.1) is 0 Å². The molecule has 0 amide bonds. The summed E-state index contributed by atoms with van der Waals surface area (Å²) in [6.07, 6.45) is 11.7. The predicted molar refractivity (Wildman–Crippen MR) is 74.1 cm³/mol. The minimum atomic E-state index is 0.217. The first-order valence-corrected chi connectivity index (χ1v) is 8.71. The van der Waals surface area contributed by atoms with Gasteiger partial charge in [0.15, 0.2) is 0 Å². The van der Waals surface area contributed by atoms with Crippen LogP contribution in [0.2, 0.25) is 0 Å². The van der Waals surface area contributed by atoms with E-state index in [1.54, 1.807) is 19.3 Å². The summed E-state index contributed by atoms with van der Waals surface area (Å²) >= 11 is 2.12. The Bertz CT molecular complexity index is 284. The molecule has 1 aliphatic heterocycles. The first-order valence-electron chi connectivity index (χ1n) is 7.56. The zero-order chi connectivity index (χ0) is 11.5. The van der Waals surface area contributed by atoms with E-state index in [0.29, 0.717) is 5.41 Å². The lowest BCUT2D eigenvalue weighted by Gasteiger charge is -2.63. The van der Waals surface area contributed by atoms with Crippen LogP contribution in [-0.4, -0.2) is 17.0 Å². The van der Waals surface area contributed by atoms with E-state index in [-0.39, 0.29) is 5.54 Å². The van der Waals surface area contributed by atoms with Gasteiger partial charge < -0.3 is 5.73 Å². The summed E-state index contributed by atoms with van der Waals surface area (Å²) in [7, 11) is 0. The Labute approximate surface area is 109 Å². The number of hydrogen-bond acceptors (Lipinski definition) is 2. The van der Waals surface area contributed by atoms with Gasteiger partial charge in [-0.15, -0.1) is 0 Å². The van der Waals surface area contributed by atoms with Crippen LogP contribution in [0.4, 0.5) is 0 Å². The summed E-state index contributed by atoms with van der Waals surface area (Å²) in [5.41, 5.74) is 7.73. The van der Waals surface area contributed by atoms with Crippen molar-refractivity contribution < 1.29 is 0 Å². The molecular formula is C15H25NS. The molecule has 5 rings (SSSR count). The van der Waals surface area contributed by atoms with Gasteiger partial charge in [0, 0.05) is 5.54 Å². The maximum Gasteiger partial charge on any atom is 0.0227 e. The van der Waals surface area contributed by atoms with Gasteiger partial charge >= 0.3 is 0 Å². The van der Waals surface area contributed by atoms with Crippen molar-refractivity contribution in [2.24, 2.45) is 28.9 Å². The van der Waals surface area contributed by atoms with E-state index in [9.17, 15) is 0 Å². The van der Waals surface area contributed by atoms with Crippen LogP contribution in [0, 0.1) is 23.2 Å². The van der Waals surface area contributed by atoms with Gasteiger partial charge in [-0.25, -0.2) is 0 Å². The molecule has 0 spiro atoms. The fourth-order valence-electron chi connectivity index (χ4n) is 5.99. The molecule has 4 bridgehead atoms. The number of hydrogen-bond donors (Lipinski definition) is 1. The molecule has 96 valence electrons. The zero-order valence-electron chi connectivity index (χ0n) is 10.8. The van der Waals surface area contributed by atoms with Crippen molar-refractivity contribution >= 4 is 11.8 Å². The highest BCUT2D eigenvalue weighted by Gasteiger charge is 2.58. The molecule has 0 aromatic carbocycles. The average Bonchev–Trinajstić information content (AvgIpc) is 2.28. The summed E-state index contributed by atoms with van der Waals surface area (Å²) in [6, 6.07) is 0. The van der Waals surface area contributed by atoms with E-state index < -0.39 is 0 Å². The molecule has 1 saturated heterocycles. The van der Waals surface area contributed by atoms with Crippen LogP contribution in [0.15, 0.2) is 0 Å². The van der Waals surface area contributed by atoms with Crippen LogP contribution in [-0.2, 0) is 0 Å². The highest BCUT2D eigenvalue weighted by Crippen LogP contribution is 2.64. The first kappa shape index (κ1) is 11.2. The Balaban J connectivity index is 1.67. The lowest BCUT2D eigenvalue weighted by atomic mass is 9.44. The van der Waals surface area contributed by atoms with E-state index >= 15 is 0 Å². The van der Waals surface area contributed by atoms with Gasteiger partial charge in [-0.2, -0.15) is 11.8 Å². The lowest BCUT2D eigenvalue weighted by Crippen LogP contribution is -2.63. The Morgan fingerprint density at radius 3 is 1.76 bits per heavy atom. The third-order valence-electron chi connectivity index (χ3n) is 6.48. The van der Waals surface area contributed by atoms with Crippen LogP contribution in [0.25, 0.3) is 0 Å². The highest BCUT2D eigenvalue weighted by molar-refractivity contribution is 7.99. The molecule has 17 heavy (non-hydrogen) atoms. The normalized spacial score (nSPS) is 51.7. The summed E-state index contributed by atoms with van der Waals surface area (Å²) in [6.45, 7) is 0. The number of thioether (sulfide) groups is 1. The van der Waals surface area contributed by atoms with Crippen LogP contribution >= 0.6 is 11.8 Å². The molecule has 4 aliphatic carbocycles. The Morgan fingerprint density at radius 1 is 0.824 bits per heavy atom. The molecule has 5 aliphatic rings. The summed E-state index contributed by atoms with van der Waals surface area (Å²) < 4.78 is 0. The SMILES string of the molecule is NC1(C23CC4CC(CC(C4)C2)C3)CCSCC1. The van der Waals surface area contributed by atoms with Crippen LogP contribution < -0.4 is 5.73 Å². The van der Waals surface area contributed by atoms with Crippen LogP contribution in [0.3, 0.4) is 0 Å². The topological polar surface area (TPSA) is 26.0 Å². The number of nitrogens with two attached hydrogens (primary N) is 1. The molecule has 0 aromatic heterocycles. The van der Waals surface area contributed by atoms with Gasteiger partial charge in [-0.1, -0.05) is 0 Å². The number of rotatable bonds is 1. The average molecular weight is 251 g/mol. The van der Waals surface area contributed by atoms with Crippen molar-refractivity contribution in [3.05, 3.63) is 0 Å². The first-order chi connectivity index (χ1) is 8.19. The molecular weight excluding hydrogens is 226 g/mol. The Kier molecular flexibility index (Phi) is 2.40. The molecule has 0 atom stereocenters. The fraction of sp³-hybridized carbons (Fsp3) is 1.00. The molecule has 4 saturated carbocycles. The molecule has 1 heterocycles. The maximum absolute atomic E-state index is 6.94. The molecule has 0 aromatic rings. The van der Waals surface area contributed by atoms with Crippen molar-refractivity contribution in [3.63, 3.8) is 0 Å². The Morgan fingerprint density at radius 2 is 1.29 bits per heavy atom. The standard InChI is InChI=1S/C15H25NS/c16-15(1-3-17-4-2-15)14-8-11-5-12(9-14)7-13(6-11)10-14/h11-13H,1-10,16H2. The lowest BCUT2D eigenvalue weighted by molar-refractivity contribution is -0.0998. The fourth-order valence-corrected chi connectivity index (χ4v) is 7.21. The van der Waals surface area contributed by atoms with E-state index in [2.05, 4.69) is 11.8 Å². The van der Waals surface area contributed by atoms with Gasteiger partial charge in [-0.3, -0.25) is 0 Å². The van der Waals surface area contributed by atoms with Crippen molar-refractivity contribution in [2.75, 3.05) is 11.5 Å². The van der Waals surface area contributed by atoms with Gasteiger partial charge in [-0.05, 0) is 86.0 Å². The zero-order valence-corrected chi connectivity index (χ0v) is 11.6. The van der Waals surface area contributed by atoms with Crippen molar-refractivity contribution in [1.82, 2.24) is 0 Å². The van der Waals surface area contributed by atoms with Crippen molar-refractivity contribution in [1.29, 1.82) is 0 Å². The third kappa shape index (κ3) is 1.56. The molecule has 1 nitrogen and oxygen atoms in total. The Hall–Kier alpha value is 0.310. The van der Waals surface area contributed by atoms with Crippen molar-refractivity contribution in [2.45, 2.75) is 56.9 Å². The largest absolute Gasteiger partial charge is 0.325 e. The quantitative estimate of drug-likeness (QED) is 0.772.